The monoisotopic (exact) mass is 436 g/mol. The molecule has 0 amide bonds. The maximum Gasteiger partial charge on any atom is 0.329 e. The Balaban J connectivity index is 1.70. The molecule has 2 heterocycles. The summed E-state index contributed by atoms with van der Waals surface area (Å²) in [6.45, 7) is 1.82. The van der Waals surface area contributed by atoms with Crippen molar-refractivity contribution in [3.63, 3.8) is 0 Å². The van der Waals surface area contributed by atoms with Gasteiger partial charge in [-0.3, -0.25) is 14.3 Å². The summed E-state index contributed by atoms with van der Waals surface area (Å²) in [4.78, 5) is 28.6. The number of hydrogen-bond acceptors (Lipinski definition) is 5. The summed E-state index contributed by atoms with van der Waals surface area (Å²) in [5.74, 6) is -5.53. The van der Waals surface area contributed by atoms with Gasteiger partial charge in [-0.1, -0.05) is 6.08 Å². The zero-order chi connectivity index (χ0) is 22.2. The Morgan fingerprint density at radius 2 is 2.00 bits per heavy atom. The standard InChI is InChI=1S/C21H23F3N4O3/c1-9-15-13(19(30)26-20(31)28(15)11-4-5-11)17(29)14(22)16(9)27-7-10-3-2-6-21(23,24)18(25)12(10)8-27/h3,11-12,18,29H,2,4-8,25H2,1H3,(H,26,30,31). The van der Waals surface area contributed by atoms with E-state index in [1.807, 2.05) is 0 Å². The lowest BCUT2D eigenvalue weighted by Crippen LogP contribution is -2.47. The first-order valence-corrected chi connectivity index (χ1v) is 10.4. The van der Waals surface area contributed by atoms with Gasteiger partial charge in [0.25, 0.3) is 11.5 Å². The van der Waals surface area contributed by atoms with Gasteiger partial charge in [-0.25, -0.2) is 18.0 Å². The van der Waals surface area contributed by atoms with Gasteiger partial charge < -0.3 is 15.7 Å². The van der Waals surface area contributed by atoms with Crippen molar-refractivity contribution in [2.24, 2.45) is 11.7 Å². The van der Waals surface area contributed by atoms with E-state index in [9.17, 15) is 23.5 Å². The number of anilines is 1. The second-order valence-corrected chi connectivity index (χ2v) is 8.81. The molecule has 1 aromatic heterocycles. The first kappa shape index (κ1) is 20.2. The van der Waals surface area contributed by atoms with E-state index in [-0.39, 0.29) is 48.6 Å². The number of aromatic hydroxyl groups is 1. The number of fused-ring (bicyclic) bond motifs is 2. The average molecular weight is 436 g/mol. The molecule has 5 rings (SSSR count). The van der Waals surface area contributed by atoms with Crippen molar-refractivity contribution in [3.8, 4) is 5.75 Å². The predicted octanol–water partition coefficient (Wildman–Crippen LogP) is 2.30. The lowest BCUT2D eigenvalue weighted by Gasteiger charge is -2.28. The van der Waals surface area contributed by atoms with Crippen molar-refractivity contribution in [2.45, 2.75) is 50.6 Å². The minimum atomic E-state index is -3.03. The molecule has 2 unspecified atom stereocenters. The largest absolute Gasteiger partial charge is 0.504 e. The molecule has 1 aliphatic heterocycles. The number of hydrogen-bond donors (Lipinski definition) is 3. The van der Waals surface area contributed by atoms with Crippen LogP contribution in [0.1, 0.15) is 37.3 Å². The average Bonchev–Trinajstić information content (AvgIpc) is 3.46. The molecular weight excluding hydrogens is 413 g/mol. The van der Waals surface area contributed by atoms with Crippen LogP contribution in [0, 0.1) is 18.7 Å². The van der Waals surface area contributed by atoms with Crippen molar-refractivity contribution >= 4 is 16.6 Å². The summed E-state index contributed by atoms with van der Waals surface area (Å²) in [7, 11) is 0. The van der Waals surface area contributed by atoms with Crippen LogP contribution in [0.5, 0.6) is 5.75 Å². The Morgan fingerprint density at radius 3 is 2.68 bits per heavy atom. The number of H-pyrrole nitrogens is 1. The molecule has 10 heteroatoms. The van der Waals surface area contributed by atoms with Gasteiger partial charge in [-0.05, 0) is 31.8 Å². The van der Waals surface area contributed by atoms with Crippen molar-refractivity contribution in [1.82, 2.24) is 9.55 Å². The van der Waals surface area contributed by atoms with Crippen LogP contribution in [0.3, 0.4) is 0 Å². The molecule has 7 nitrogen and oxygen atoms in total. The van der Waals surface area contributed by atoms with Crippen LogP contribution in [-0.4, -0.2) is 39.7 Å². The number of aromatic amines is 1. The van der Waals surface area contributed by atoms with Gasteiger partial charge in [-0.2, -0.15) is 0 Å². The van der Waals surface area contributed by atoms with E-state index in [1.54, 1.807) is 17.9 Å². The molecule has 2 aliphatic carbocycles. The molecule has 1 aromatic carbocycles. The number of phenolic OH excluding ortho intramolecular Hbond substituents is 1. The molecule has 1 saturated carbocycles. The number of nitrogens with two attached hydrogens (primary N) is 1. The van der Waals surface area contributed by atoms with Gasteiger partial charge in [-0.15, -0.1) is 0 Å². The number of rotatable bonds is 2. The van der Waals surface area contributed by atoms with Crippen molar-refractivity contribution in [1.29, 1.82) is 0 Å². The van der Waals surface area contributed by atoms with E-state index >= 15 is 4.39 Å². The number of alkyl halides is 2. The molecular formula is C21H23F3N4O3. The quantitative estimate of drug-likeness (QED) is 0.627. The molecule has 0 spiro atoms. The van der Waals surface area contributed by atoms with Gasteiger partial charge in [0.15, 0.2) is 11.6 Å². The Labute approximate surface area is 175 Å². The fourth-order valence-electron chi connectivity index (χ4n) is 5.09. The Kier molecular flexibility index (Phi) is 4.31. The summed E-state index contributed by atoms with van der Waals surface area (Å²) >= 11 is 0. The summed E-state index contributed by atoms with van der Waals surface area (Å²) in [6, 6.07) is -1.53. The molecule has 31 heavy (non-hydrogen) atoms. The summed E-state index contributed by atoms with van der Waals surface area (Å²) in [5.41, 5.74) is 5.64. The number of aromatic nitrogens is 2. The van der Waals surface area contributed by atoms with Gasteiger partial charge in [0.1, 0.15) is 5.39 Å². The van der Waals surface area contributed by atoms with E-state index in [1.165, 1.54) is 4.57 Å². The summed E-state index contributed by atoms with van der Waals surface area (Å²) in [6.07, 6.45) is 3.06. The van der Waals surface area contributed by atoms with Gasteiger partial charge in [0, 0.05) is 37.0 Å². The SMILES string of the molecule is Cc1c(N2CC3=CCCC(F)(F)C(N)C3C2)c(F)c(O)c2c(=O)[nH]c(=O)n(C3CC3)c12. The van der Waals surface area contributed by atoms with Gasteiger partial charge in [0.2, 0.25) is 0 Å². The molecule has 2 atom stereocenters. The predicted molar refractivity (Wildman–Crippen MR) is 109 cm³/mol. The number of benzene rings is 1. The van der Waals surface area contributed by atoms with E-state index in [0.717, 1.165) is 12.8 Å². The smallest absolute Gasteiger partial charge is 0.329 e. The first-order chi connectivity index (χ1) is 14.6. The second-order valence-electron chi connectivity index (χ2n) is 8.81. The third-order valence-electron chi connectivity index (χ3n) is 6.81. The second kappa shape index (κ2) is 6.62. The molecule has 2 fully saturated rings. The highest BCUT2D eigenvalue weighted by molar-refractivity contribution is 5.92. The molecule has 4 N–H and O–H groups in total. The molecule has 0 radical (unpaired) electrons. The highest BCUT2D eigenvalue weighted by Gasteiger charge is 2.47. The van der Waals surface area contributed by atoms with Crippen LogP contribution in [0.4, 0.5) is 18.9 Å². The van der Waals surface area contributed by atoms with Crippen LogP contribution in [0.15, 0.2) is 21.2 Å². The number of allylic oxidation sites excluding steroid dienone is 1. The van der Waals surface area contributed by atoms with E-state index in [2.05, 4.69) is 4.98 Å². The molecule has 2 aromatic rings. The fourth-order valence-corrected chi connectivity index (χ4v) is 5.09. The summed E-state index contributed by atoms with van der Waals surface area (Å²) < 4.78 is 45.4. The van der Waals surface area contributed by atoms with Crippen molar-refractivity contribution in [2.75, 3.05) is 18.0 Å². The Hall–Kier alpha value is -2.75. The van der Waals surface area contributed by atoms with Crippen molar-refractivity contribution < 1.29 is 18.3 Å². The molecule has 3 aliphatic rings. The zero-order valence-electron chi connectivity index (χ0n) is 16.9. The maximum absolute atomic E-state index is 15.3. The Bertz CT molecular complexity index is 1250. The first-order valence-electron chi connectivity index (χ1n) is 10.4. The van der Waals surface area contributed by atoms with Gasteiger partial charge >= 0.3 is 5.69 Å². The van der Waals surface area contributed by atoms with E-state index < -0.39 is 40.7 Å². The minimum Gasteiger partial charge on any atom is -0.504 e. The highest BCUT2D eigenvalue weighted by Crippen LogP contribution is 2.45. The van der Waals surface area contributed by atoms with Crippen LogP contribution in [-0.2, 0) is 0 Å². The topological polar surface area (TPSA) is 104 Å². The highest BCUT2D eigenvalue weighted by atomic mass is 19.3. The Morgan fingerprint density at radius 1 is 1.29 bits per heavy atom. The lowest BCUT2D eigenvalue weighted by atomic mass is 9.92. The number of phenols is 1. The number of halogens is 3. The van der Waals surface area contributed by atoms with E-state index in [0.29, 0.717) is 11.1 Å². The summed E-state index contributed by atoms with van der Waals surface area (Å²) in [5, 5.41) is 10.3. The number of aryl methyl sites for hydroxylation is 1. The lowest BCUT2D eigenvalue weighted by molar-refractivity contribution is -0.0402. The minimum absolute atomic E-state index is 0.00823. The van der Waals surface area contributed by atoms with Crippen molar-refractivity contribution in [3.05, 3.63) is 43.9 Å². The van der Waals surface area contributed by atoms with Crippen LogP contribution in [0.25, 0.3) is 10.9 Å². The maximum atomic E-state index is 15.3. The third-order valence-corrected chi connectivity index (χ3v) is 6.81. The van der Waals surface area contributed by atoms with E-state index in [4.69, 9.17) is 5.73 Å². The molecule has 0 bridgehead atoms. The van der Waals surface area contributed by atoms with Crippen LogP contribution in [0.2, 0.25) is 0 Å². The van der Waals surface area contributed by atoms with Crippen LogP contribution >= 0.6 is 0 Å². The number of nitrogens with zero attached hydrogens (tertiary/aromatic N) is 2. The molecule has 1 saturated heterocycles. The normalized spacial score (nSPS) is 25.5. The van der Waals surface area contributed by atoms with Crippen LogP contribution < -0.4 is 21.9 Å². The number of nitrogens with one attached hydrogen (secondary N) is 1. The zero-order valence-corrected chi connectivity index (χ0v) is 16.9. The third kappa shape index (κ3) is 2.91. The van der Waals surface area contributed by atoms with Gasteiger partial charge in [0.05, 0.1) is 17.2 Å². The molecule has 166 valence electrons. The fraction of sp³-hybridized carbons (Fsp3) is 0.524.